The lowest BCUT2D eigenvalue weighted by molar-refractivity contribution is 0.243. The van der Waals surface area contributed by atoms with Gasteiger partial charge in [0, 0.05) is 0 Å². The Hall–Kier alpha value is -0.0900. The van der Waals surface area contributed by atoms with Gasteiger partial charge in [0.05, 0.1) is 5.25 Å². The van der Waals surface area contributed by atoms with Crippen LogP contribution in [0.25, 0.3) is 0 Å². The van der Waals surface area contributed by atoms with Crippen LogP contribution in [0.5, 0.6) is 0 Å². The van der Waals surface area contributed by atoms with E-state index in [0.29, 0.717) is 0 Å². The van der Waals surface area contributed by atoms with E-state index >= 15 is 0 Å². The summed E-state index contributed by atoms with van der Waals surface area (Å²) in [7, 11) is -3.27. The number of aliphatic hydroxyl groups is 1. The van der Waals surface area contributed by atoms with E-state index in [1.54, 1.807) is 20.8 Å². The van der Waals surface area contributed by atoms with Gasteiger partial charge >= 0.3 is 0 Å². The second-order valence-corrected chi connectivity index (χ2v) is 5.17. The van der Waals surface area contributed by atoms with Crippen LogP contribution >= 0.6 is 0 Å². The molecule has 0 saturated carbocycles. The number of hydrogen-bond donors (Lipinski definition) is 1. The Kier molecular flexibility index (Phi) is 3.31. The highest BCUT2D eigenvalue weighted by Crippen LogP contribution is 2.08. The Labute approximate surface area is 62.0 Å². The van der Waals surface area contributed by atoms with Crippen LogP contribution in [-0.4, -0.2) is 24.2 Å². The summed E-state index contributed by atoms with van der Waals surface area (Å²) in [4.78, 5) is 0. The number of aliphatic hydroxyl groups excluding tert-OH is 1. The normalized spacial score (nSPS) is 15.7. The van der Waals surface area contributed by atoms with Crippen LogP contribution < -0.4 is 0 Å². The van der Waals surface area contributed by atoms with Gasteiger partial charge < -0.3 is 5.11 Å². The van der Waals surface area contributed by atoms with E-state index < -0.39 is 20.5 Å². The molecule has 0 aliphatic carbocycles. The van der Waals surface area contributed by atoms with E-state index in [0.717, 1.165) is 0 Å². The van der Waals surface area contributed by atoms with Gasteiger partial charge in [-0.2, -0.15) is 0 Å². The molecule has 0 aliphatic heterocycles. The van der Waals surface area contributed by atoms with E-state index in [1.165, 1.54) is 0 Å². The molecule has 0 radical (unpaired) electrons. The standard InChI is InChI=1S/C6H14O3S/c1-4-6(7)10(8,9)5(2)3/h5-7H,4H2,1-3H3. The van der Waals surface area contributed by atoms with Crippen molar-refractivity contribution in [3.05, 3.63) is 0 Å². The van der Waals surface area contributed by atoms with Gasteiger partial charge in [0.25, 0.3) is 0 Å². The maximum atomic E-state index is 11.0. The minimum Gasteiger partial charge on any atom is -0.377 e. The summed E-state index contributed by atoms with van der Waals surface area (Å²) in [5, 5.41) is 8.48. The van der Waals surface area contributed by atoms with E-state index in [1.807, 2.05) is 0 Å². The van der Waals surface area contributed by atoms with Crippen molar-refractivity contribution in [1.29, 1.82) is 0 Å². The first-order valence-corrected chi connectivity index (χ1v) is 4.94. The molecule has 0 saturated heterocycles. The molecule has 0 aliphatic rings. The molecule has 10 heavy (non-hydrogen) atoms. The predicted molar refractivity (Wildman–Crippen MR) is 40.4 cm³/mol. The lowest BCUT2D eigenvalue weighted by atomic mass is 10.5. The third kappa shape index (κ3) is 1.95. The van der Waals surface area contributed by atoms with Crippen molar-refractivity contribution in [2.24, 2.45) is 0 Å². The molecule has 0 fully saturated rings. The van der Waals surface area contributed by atoms with Crippen molar-refractivity contribution < 1.29 is 13.5 Å². The Morgan fingerprint density at radius 1 is 1.40 bits per heavy atom. The molecule has 4 heteroatoms. The highest BCUT2D eigenvalue weighted by molar-refractivity contribution is 7.92. The largest absolute Gasteiger partial charge is 0.377 e. The van der Waals surface area contributed by atoms with E-state index in [-0.39, 0.29) is 6.42 Å². The number of hydrogen-bond acceptors (Lipinski definition) is 3. The van der Waals surface area contributed by atoms with Gasteiger partial charge in [-0.25, -0.2) is 8.42 Å². The van der Waals surface area contributed by atoms with Crippen molar-refractivity contribution >= 4 is 9.84 Å². The highest BCUT2D eigenvalue weighted by Gasteiger charge is 2.24. The zero-order chi connectivity index (χ0) is 8.36. The van der Waals surface area contributed by atoms with Crippen LogP contribution in [-0.2, 0) is 9.84 Å². The third-order valence-electron chi connectivity index (χ3n) is 1.39. The van der Waals surface area contributed by atoms with E-state index in [4.69, 9.17) is 5.11 Å². The summed E-state index contributed by atoms with van der Waals surface area (Å²) in [6.07, 6.45) is 0.264. The first-order chi connectivity index (χ1) is 4.42. The quantitative estimate of drug-likeness (QED) is 0.665. The Morgan fingerprint density at radius 2 is 1.80 bits per heavy atom. The summed E-state index contributed by atoms with van der Waals surface area (Å²) in [6.45, 7) is 4.77. The molecule has 0 rings (SSSR count). The topological polar surface area (TPSA) is 54.4 Å². The van der Waals surface area contributed by atoms with Crippen LogP contribution in [0.3, 0.4) is 0 Å². The Bertz CT molecular complexity index is 181. The predicted octanol–water partition coefficient (Wildman–Crippen LogP) is 0.538. The van der Waals surface area contributed by atoms with Gasteiger partial charge in [-0.1, -0.05) is 6.92 Å². The average molecular weight is 166 g/mol. The molecule has 0 aromatic heterocycles. The van der Waals surface area contributed by atoms with Crippen LogP contribution in [0.4, 0.5) is 0 Å². The fourth-order valence-electron chi connectivity index (χ4n) is 0.546. The third-order valence-corrected chi connectivity index (χ3v) is 3.79. The highest BCUT2D eigenvalue weighted by atomic mass is 32.2. The van der Waals surface area contributed by atoms with Crippen molar-refractivity contribution in [2.75, 3.05) is 0 Å². The summed E-state index contributed by atoms with van der Waals surface area (Å²) >= 11 is 0. The fraction of sp³-hybridized carbons (Fsp3) is 1.00. The average Bonchev–Trinajstić information content (AvgIpc) is 1.86. The van der Waals surface area contributed by atoms with Crippen molar-refractivity contribution in [2.45, 2.75) is 37.9 Å². The second kappa shape index (κ2) is 3.34. The fourth-order valence-corrected chi connectivity index (χ4v) is 1.64. The van der Waals surface area contributed by atoms with E-state index in [2.05, 4.69) is 0 Å². The van der Waals surface area contributed by atoms with Crippen molar-refractivity contribution in [3.8, 4) is 0 Å². The van der Waals surface area contributed by atoms with Crippen LogP contribution in [0, 0.1) is 0 Å². The first-order valence-electron chi connectivity index (χ1n) is 3.33. The molecule has 1 unspecified atom stereocenters. The molecule has 1 atom stereocenters. The molecular formula is C6H14O3S. The van der Waals surface area contributed by atoms with Gasteiger partial charge in [-0.05, 0) is 20.3 Å². The molecule has 1 N–H and O–H groups in total. The van der Waals surface area contributed by atoms with Gasteiger partial charge in [0.15, 0.2) is 15.3 Å². The van der Waals surface area contributed by atoms with Crippen LogP contribution in [0.15, 0.2) is 0 Å². The van der Waals surface area contributed by atoms with Crippen LogP contribution in [0.2, 0.25) is 0 Å². The smallest absolute Gasteiger partial charge is 0.179 e. The summed E-state index contributed by atoms with van der Waals surface area (Å²) in [5.41, 5.74) is -1.19. The van der Waals surface area contributed by atoms with Crippen molar-refractivity contribution in [3.63, 3.8) is 0 Å². The van der Waals surface area contributed by atoms with Crippen molar-refractivity contribution in [1.82, 2.24) is 0 Å². The monoisotopic (exact) mass is 166 g/mol. The minimum absolute atomic E-state index is 0.264. The summed E-state index contributed by atoms with van der Waals surface area (Å²) in [5.74, 6) is 0. The Balaban J connectivity index is 4.42. The zero-order valence-electron chi connectivity index (χ0n) is 6.53. The molecule has 0 spiro atoms. The van der Waals surface area contributed by atoms with Crippen LogP contribution in [0.1, 0.15) is 27.2 Å². The maximum Gasteiger partial charge on any atom is 0.179 e. The molecule has 0 aromatic carbocycles. The number of rotatable bonds is 3. The molecule has 3 nitrogen and oxygen atoms in total. The van der Waals surface area contributed by atoms with Gasteiger partial charge in [-0.15, -0.1) is 0 Å². The van der Waals surface area contributed by atoms with Gasteiger partial charge in [0.1, 0.15) is 0 Å². The summed E-state index contributed by atoms with van der Waals surface area (Å²) < 4.78 is 22.0. The Morgan fingerprint density at radius 3 is 1.90 bits per heavy atom. The molecule has 62 valence electrons. The molecular weight excluding hydrogens is 152 g/mol. The number of sulfone groups is 1. The first kappa shape index (κ1) is 9.91. The molecule has 0 aromatic rings. The van der Waals surface area contributed by atoms with Gasteiger partial charge in [0.2, 0.25) is 0 Å². The summed E-state index contributed by atoms with van der Waals surface area (Å²) in [6, 6.07) is 0. The SMILES string of the molecule is CCC(O)S(=O)(=O)C(C)C. The lowest BCUT2D eigenvalue weighted by Gasteiger charge is -2.11. The minimum atomic E-state index is -3.27. The molecule has 0 amide bonds. The maximum absolute atomic E-state index is 11.0. The molecule has 0 heterocycles. The van der Waals surface area contributed by atoms with E-state index in [9.17, 15) is 8.42 Å². The second-order valence-electron chi connectivity index (χ2n) is 2.50. The van der Waals surface area contributed by atoms with Gasteiger partial charge in [-0.3, -0.25) is 0 Å². The zero-order valence-corrected chi connectivity index (χ0v) is 7.35. The lowest BCUT2D eigenvalue weighted by Crippen LogP contribution is -2.27. The molecule has 0 bridgehead atoms.